The van der Waals surface area contributed by atoms with Crippen molar-refractivity contribution in [1.82, 2.24) is 0 Å². The predicted molar refractivity (Wildman–Crippen MR) is 49.3 cm³/mol. The van der Waals surface area contributed by atoms with Crippen molar-refractivity contribution < 1.29 is 14.3 Å². The Balaban J connectivity index is 1.96. The summed E-state index contributed by atoms with van der Waals surface area (Å²) in [5, 5.41) is 0. The summed E-state index contributed by atoms with van der Waals surface area (Å²) < 4.78 is 10.1. The van der Waals surface area contributed by atoms with Gasteiger partial charge >= 0.3 is 5.97 Å². The summed E-state index contributed by atoms with van der Waals surface area (Å²) in [6, 6.07) is 0. The van der Waals surface area contributed by atoms with Crippen LogP contribution < -0.4 is 0 Å². The van der Waals surface area contributed by atoms with Gasteiger partial charge in [0, 0.05) is 6.92 Å². The fourth-order valence-corrected chi connectivity index (χ4v) is 1.24. The fraction of sp³-hybridized carbons (Fsp3) is 0.700. The first-order chi connectivity index (χ1) is 6.24. The summed E-state index contributed by atoms with van der Waals surface area (Å²) in [6.07, 6.45) is 5.53. The van der Waals surface area contributed by atoms with Crippen LogP contribution in [-0.4, -0.2) is 24.8 Å². The lowest BCUT2D eigenvalue weighted by Gasteiger charge is -1.96. The molecular formula is C10H16O3. The second-order valence-corrected chi connectivity index (χ2v) is 3.24. The van der Waals surface area contributed by atoms with Gasteiger partial charge in [-0.05, 0) is 19.3 Å². The molecule has 1 heterocycles. The third kappa shape index (κ3) is 4.08. The van der Waals surface area contributed by atoms with E-state index in [1.165, 1.54) is 6.92 Å². The number of hydrogen-bond acceptors (Lipinski definition) is 3. The summed E-state index contributed by atoms with van der Waals surface area (Å²) in [7, 11) is 0. The Labute approximate surface area is 78.7 Å². The van der Waals surface area contributed by atoms with Crippen molar-refractivity contribution in [3.8, 4) is 0 Å². The molecule has 0 aromatic rings. The molecule has 0 unspecified atom stereocenters. The molecular weight excluding hydrogens is 168 g/mol. The Hall–Kier alpha value is -0.830. The highest BCUT2D eigenvalue weighted by Gasteiger charge is 2.38. The number of allylic oxidation sites excluding steroid dienone is 1. The lowest BCUT2D eigenvalue weighted by Crippen LogP contribution is -2.08. The highest BCUT2D eigenvalue weighted by Crippen LogP contribution is 2.27. The molecule has 1 aliphatic heterocycles. The number of rotatable bonds is 6. The Morgan fingerprint density at radius 1 is 1.62 bits per heavy atom. The van der Waals surface area contributed by atoms with E-state index in [2.05, 4.69) is 6.58 Å². The van der Waals surface area contributed by atoms with E-state index < -0.39 is 0 Å². The number of unbranched alkanes of at least 4 members (excludes halogenated alkanes) is 1. The number of carbonyl (C=O) groups is 1. The maximum atomic E-state index is 10.5. The molecule has 3 heteroatoms. The monoisotopic (exact) mass is 184 g/mol. The molecule has 1 saturated heterocycles. The molecule has 1 fully saturated rings. The highest BCUT2D eigenvalue weighted by atomic mass is 16.6. The van der Waals surface area contributed by atoms with Gasteiger partial charge in [0.25, 0.3) is 0 Å². The summed E-state index contributed by atoms with van der Waals surface area (Å²) in [6.45, 7) is 5.47. The first-order valence-electron chi connectivity index (χ1n) is 4.63. The van der Waals surface area contributed by atoms with Crippen LogP contribution in [0.4, 0.5) is 0 Å². The van der Waals surface area contributed by atoms with Gasteiger partial charge in [-0.15, -0.1) is 6.58 Å². The lowest BCUT2D eigenvalue weighted by atomic mass is 10.1. The maximum absolute atomic E-state index is 10.5. The van der Waals surface area contributed by atoms with E-state index in [0.717, 1.165) is 19.3 Å². The minimum atomic E-state index is -0.236. The number of carbonyl (C=O) groups excluding carboxylic acids is 1. The van der Waals surface area contributed by atoms with Crippen LogP contribution in [0, 0.1) is 0 Å². The SMILES string of the molecule is C=CCCC[C@H]1O[C@@H]1COC(C)=O. The van der Waals surface area contributed by atoms with Crippen LogP contribution in [0.3, 0.4) is 0 Å². The standard InChI is InChI=1S/C10H16O3/c1-3-4-5-6-9-10(13-9)7-12-8(2)11/h3,9-10H,1,4-7H2,2H3/t9-,10-/m1/s1. The molecule has 1 rings (SSSR count). The highest BCUT2D eigenvalue weighted by molar-refractivity contribution is 5.65. The molecule has 0 radical (unpaired) electrons. The zero-order valence-corrected chi connectivity index (χ0v) is 7.99. The van der Waals surface area contributed by atoms with Gasteiger partial charge in [0.1, 0.15) is 12.7 Å². The van der Waals surface area contributed by atoms with Crippen LogP contribution in [0.25, 0.3) is 0 Å². The van der Waals surface area contributed by atoms with Gasteiger partial charge in [0.05, 0.1) is 6.10 Å². The van der Waals surface area contributed by atoms with Crippen molar-refractivity contribution >= 4 is 5.97 Å². The van der Waals surface area contributed by atoms with Crippen molar-refractivity contribution in [2.75, 3.05) is 6.61 Å². The van der Waals surface area contributed by atoms with Crippen molar-refractivity contribution in [1.29, 1.82) is 0 Å². The zero-order chi connectivity index (χ0) is 9.68. The van der Waals surface area contributed by atoms with Gasteiger partial charge in [0.2, 0.25) is 0 Å². The first kappa shape index (κ1) is 10.3. The van der Waals surface area contributed by atoms with E-state index >= 15 is 0 Å². The van der Waals surface area contributed by atoms with Gasteiger partial charge in [0.15, 0.2) is 0 Å². The average Bonchev–Trinajstić information content (AvgIpc) is 2.81. The van der Waals surface area contributed by atoms with Crippen LogP contribution in [-0.2, 0) is 14.3 Å². The van der Waals surface area contributed by atoms with Gasteiger partial charge in [-0.2, -0.15) is 0 Å². The van der Waals surface area contributed by atoms with E-state index in [-0.39, 0.29) is 12.1 Å². The molecule has 0 saturated carbocycles. The summed E-state index contributed by atoms with van der Waals surface area (Å²) in [4.78, 5) is 10.5. The molecule has 2 atom stereocenters. The van der Waals surface area contributed by atoms with Gasteiger partial charge in [-0.25, -0.2) is 0 Å². The van der Waals surface area contributed by atoms with E-state index in [4.69, 9.17) is 9.47 Å². The first-order valence-corrected chi connectivity index (χ1v) is 4.63. The molecule has 1 aliphatic rings. The number of esters is 1. The minimum absolute atomic E-state index is 0.147. The molecule has 3 nitrogen and oxygen atoms in total. The van der Waals surface area contributed by atoms with E-state index in [9.17, 15) is 4.79 Å². The Bertz CT molecular complexity index is 189. The smallest absolute Gasteiger partial charge is 0.302 e. The summed E-state index contributed by atoms with van der Waals surface area (Å²) >= 11 is 0. The largest absolute Gasteiger partial charge is 0.463 e. The van der Waals surface area contributed by atoms with Crippen LogP contribution in [0.1, 0.15) is 26.2 Å². The Kier molecular flexibility index (Phi) is 3.96. The van der Waals surface area contributed by atoms with E-state index in [1.807, 2.05) is 6.08 Å². The second-order valence-electron chi connectivity index (χ2n) is 3.24. The number of hydrogen-bond donors (Lipinski definition) is 0. The molecule has 0 N–H and O–H groups in total. The van der Waals surface area contributed by atoms with Crippen molar-refractivity contribution in [3.63, 3.8) is 0 Å². The summed E-state index contributed by atoms with van der Waals surface area (Å²) in [5.41, 5.74) is 0. The van der Waals surface area contributed by atoms with Crippen molar-refractivity contribution in [2.45, 2.75) is 38.4 Å². The molecule has 0 amide bonds. The minimum Gasteiger partial charge on any atom is -0.463 e. The quantitative estimate of drug-likeness (QED) is 0.273. The van der Waals surface area contributed by atoms with E-state index in [1.54, 1.807) is 0 Å². The van der Waals surface area contributed by atoms with Crippen LogP contribution in [0.5, 0.6) is 0 Å². The molecule has 0 aromatic carbocycles. The van der Waals surface area contributed by atoms with Gasteiger partial charge < -0.3 is 9.47 Å². The zero-order valence-electron chi connectivity index (χ0n) is 7.99. The molecule has 0 bridgehead atoms. The number of epoxide rings is 1. The Morgan fingerprint density at radius 2 is 2.38 bits per heavy atom. The molecule has 0 spiro atoms. The van der Waals surface area contributed by atoms with E-state index in [0.29, 0.717) is 12.7 Å². The molecule has 13 heavy (non-hydrogen) atoms. The second kappa shape index (κ2) is 5.02. The topological polar surface area (TPSA) is 38.8 Å². The molecule has 74 valence electrons. The number of ether oxygens (including phenoxy) is 2. The lowest BCUT2D eigenvalue weighted by molar-refractivity contribution is -0.141. The van der Waals surface area contributed by atoms with Gasteiger partial charge in [-0.1, -0.05) is 6.08 Å². The third-order valence-electron chi connectivity index (χ3n) is 2.04. The summed E-state index contributed by atoms with van der Waals surface area (Å²) in [5.74, 6) is -0.236. The predicted octanol–water partition coefficient (Wildman–Crippen LogP) is 1.67. The Morgan fingerprint density at radius 3 is 3.00 bits per heavy atom. The van der Waals surface area contributed by atoms with Crippen molar-refractivity contribution in [3.05, 3.63) is 12.7 Å². The molecule has 0 aliphatic carbocycles. The fourth-order valence-electron chi connectivity index (χ4n) is 1.24. The van der Waals surface area contributed by atoms with Crippen molar-refractivity contribution in [2.24, 2.45) is 0 Å². The van der Waals surface area contributed by atoms with Crippen LogP contribution in [0.15, 0.2) is 12.7 Å². The average molecular weight is 184 g/mol. The normalized spacial score (nSPS) is 25.3. The maximum Gasteiger partial charge on any atom is 0.302 e. The molecule has 0 aromatic heterocycles. The van der Waals surface area contributed by atoms with Gasteiger partial charge in [-0.3, -0.25) is 4.79 Å². The van der Waals surface area contributed by atoms with Crippen LogP contribution in [0.2, 0.25) is 0 Å². The third-order valence-corrected chi connectivity index (χ3v) is 2.04. The van der Waals surface area contributed by atoms with Crippen LogP contribution >= 0.6 is 0 Å².